The lowest BCUT2D eigenvalue weighted by atomic mass is 10.2. The quantitative estimate of drug-likeness (QED) is 0.717. The molecule has 2 aromatic rings. The van der Waals surface area contributed by atoms with Crippen LogP contribution in [-0.4, -0.2) is 14.8 Å². The molecule has 0 radical (unpaired) electrons. The van der Waals surface area contributed by atoms with E-state index in [1.807, 2.05) is 13.0 Å². The van der Waals surface area contributed by atoms with Gasteiger partial charge in [-0.1, -0.05) is 11.6 Å². The molecule has 0 aromatic carbocycles. The Kier molecular flexibility index (Phi) is 2.10. The topological polar surface area (TPSA) is 54.5 Å². The SMILES string of the molecule is CCn1ncc2c(Cl)c(C#N)cnc21. The molecule has 14 heavy (non-hydrogen) atoms. The van der Waals surface area contributed by atoms with E-state index in [0.29, 0.717) is 10.6 Å². The molecule has 0 unspecified atom stereocenters. The van der Waals surface area contributed by atoms with E-state index in [-0.39, 0.29) is 0 Å². The van der Waals surface area contributed by atoms with Gasteiger partial charge in [-0.3, -0.25) is 0 Å². The first-order valence-electron chi connectivity index (χ1n) is 4.18. The van der Waals surface area contributed by atoms with Crippen molar-refractivity contribution in [3.8, 4) is 6.07 Å². The van der Waals surface area contributed by atoms with Crippen LogP contribution in [0.5, 0.6) is 0 Å². The molecule has 0 fully saturated rings. The maximum atomic E-state index is 8.74. The van der Waals surface area contributed by atoms with E-state index in [4.69, 9.17) is 16.9 Å². The number of halogens is 1. The largest absolute Gasteiger partial charge is 0.248 e. The Morgan fingerprint density at radius 1 is 1.57 bits per heavy atom. The number of pyridine rings is 1. The number of aromatic nitrogens is 3. The highest BCUT2D eigenvalue weighted by atomic mass is 35.5. The summed E-state index contributed by atoms with van der Waals surface area (Å²) in [6, 6.07) is 1.98. The number of hydrogen-bond acceptors (Lipinski definition) is 3. The maximum Gasteiger partial charge on any atom is 0.159 e. The van der Waals surface area contributed by atoms with Gasteiger partial charge in [-0.2, -0.15) is 10.4 Å². The van der Waals surface area contributed by atoms with Crippen molar-refractivity contribution in [1.29, 1.82) is 5.26 Å². The second-order valence-corrected chi connectivity index (χ2v) is 3.17. The zero-order valence-electron chi connectivity index (χ0n) is 7.53. The monoisotopic (exact) mass is 206 g/mol. The summed E-state index contributed by atoms with van der Waals surface area (Å²) in [7, 11) is 0. The number of rotatable bonds is 1. The normalized spacial score (nSPS) is 10.4. The Hall–Kier alpha value is -1.60. The molecule has 0 N–H and O–H groups in total. The summed E-state index contributed by atoms with van der Waals surface area (Å²) in [5.74, 6) is 0. The number of nitriles is 1. The third-order valence-electron chi connectivity index (χ3n) is 2.02. The van der Waals surface area contributed by atoms with Crippen LogP contribution in [-0.2, 0) is 6.54 Å². The van der Waals surface area contributed by atoms with Crippen molar-refractivity contribution in [3.63, 3.8) is 0 Å². The fraction of sp³-hybridized carbons (Fsp3) is 0.222. The van der Waals surface area contributed by atoms with Crippen molar-refractivity contribution in [2.45, 2.75) is 13.5 Å². The minimum absolute atomic E-state index is 0.384. The lowest BCUT2D eigenvalue weighted by molar-refractivity contribution is 0.677. The Labute approximate surface area is 85.7 Å². The Balaban J connectivity index is 2.80. The van der Waals surface area contributed by atoms with Gasteiger partial charge >= 0.3 is 0 Å². The van der Waals surface area contributed by atoms with E-state index in [1.165, 1.54) is 6.20 Å². The molecule has 2 heterocycles. The molecule has 0 amide bonds. The van der Waals surface area contributed by atoms with Gasteiger partial charge in [0.15, 0.2) is 5.65 Å². The van der Waals surface area contributed by atoms with Crippen molar-refractivity contribution in [2.75, 3.05) is 0 Å². The van der Waals surface area contributed by atoms with Gasteiger partial charge < -0.3 is 0 Å². The van der Waals surface area contributed by atoms with Gasteiger partial charge in [0.2, 0.25) is 0 Å². The highest BCUT2D eigenvalue weighted by Crippen LogP contribution is 2.24. The summed E-state index contributed by atoms with van der Waals surface area (Å²) in [6.07, 6.45) is 3.10. The van der Waals surface area contributed by atoms with Crippen molar-refractivity contribution in [2.24, 2.45) is 0 Å². The van der Waals surface area contributed by atoms with Crippen LogP contribution in [0, 0.1) is 11.3 Å². The molecule has 0 saturated heterocycles. The van der Waals surface area contributed by atoms with E-state index < -0.39 is 0 Å². The van der Waals surface area contributed by atoms with Crippen LogP contribution in [0.4, 0.5) is 0 Å². The molecule has 0 saturated carbocycles. The molecule has 70 valence electrons. The number of aryl methyl sites for hydroxylation is 1. The van der Waals surface area contributed by atoms with Gasteiger partial charge in [-0.25, -0.2) is 9.67 Å². The zero-order chi connectivity index (χ0) is 10.1. The van der Waals surface area contributed by atoms with Crippen LogP contribution in [0.2, 0.25) is 5.02 Å². The number of fused-ring (bicyclic) bond motifs is 1. The lowest BCUT2D eigenvalue weighted by Gasteiger charge is -1.98. The van der Waals surface area contributed by atoms with E-state index >= 15 is 0 Å². The molecule has 4 nitrogen and oxygen atoms in total. The molecule has 2 rings (SSSR count). The molecule has 0 aliphatic heterocycles. The Morgan fingerprint density at radius 3 is 3.00 bits per heavy atom. The summed E-state index contributed by atoms with van der Waals surface area (Å²) >= 11 is 6.00. The second-order valence-electron chi connectivity index (χ2n) is 2.80. The first-order valence-corrected chi connectivity index (χ1v) is 4.55. The third-order valence-corrected chi connectivity index (χ3v) is 2.43. The fourth-order valence-electron chi connectivity index (χ4n) is 1.31. The predicted molar refractivity (Wildman–Crippen MR) is 52.9 cm³/mol. The molecule has 0 atom stereocenters. The first-order chi connectivity index (χ1) is 6.77. The van der Waals surface area contributed by atoms with Gasteiger partial charge in [0.25, 0.3) is 0 Å². The van der Waals surface area contributed by atoms with Crippen LogP contribution in [0.3, 0.4) is 0 Å². The van der Waals surface area contributed by atoms with Crippen LogP contribution < -0.4 is 0 Å². The van der Waals surface area contributed by atoms with Crippen LogP contribution in [0.15, 0.2) is 12.4 Å². The lowest BCUT2D eigenvalue weighted by Crippen LogP contribution is -1.97. The molecule has 5 heteroatoms. The van der Waals surface area contributed by atoms with Gasteiger partial charge in [0, 0.05) is 12.7 Å². The molecule has 0 bridgehead atoms. The number of nitrogens with zero attached hydrogens (tertiary/aromatic N) is 4. The van der Waals surface area contributed by atoms with Gasteiger partial charge in [-0.15, -0.1) is 0 Å². The van der Waals surface area contributed by atoms with Crippen molar-refractivity contribution < 1.29 is 0 Å². The van der Waals surface area contributed by atoms with Gasteiger partial charge in [0.1, 0.15) is 6.07 Å². The van der Waals surface area contributed by atoms with Crippen molar-refractivity contribution in [1.82, 2.24) is 14.8 Å². The molecule has 0 aliphatic carbocycles. The minimum atomic E-state index is 0.384. The van der Waals surface area contributed by atoms with Crippen LogP contribution in [0.25, 0.3) is 11.0 Å². The predicted octanol–water partition coefficient (Wildman–Crippen LogP) is 1.98. The Bertz CT molecular complexity index is 523. The van der Waals surface area contributed by atoms with E-state index in [1.54, 1.807) is 10.9 Å². The maximum absolute atomic E-state index is 8.74. The Morgan fingerprint density at radius 2 is 2.36 bits per heavy atom. The second kappa shape index (κ2) is 3.28. The van der Waals surface area contributed by atoms with E-state index in [9.17, 15) is 0 Å². The van der Waals surface area contributed by atoms with Crippen molar-refractivity contribution in [3.05, 3.63) is 23.0 Å². The zero-order valence-corrected chi connectivity index (χ0v) is 8.28. The summed E-state index contributed by atoms with van der Waals surface area (Å²) in [5, 5.41) is 14.0. The fourth-order valence-corrected chi connectivity index (χ4v) is 1.53. The highest BCUT2D eigenvalue weighted by Gasteiger charge is 2.09. The summed E-state index contributed by atoms with van der Waals surface area (Å²) < 4.78 is 1.74. The summed E-state index contributed by atoms with van der Waals surface area (Å²) in [4.78, 5) is 4.14. The number of hydrogen-bond donors (Lipinski definition) is 0. The molecule has 0 aliphatic rings. The molecular weight excluding hydrogens is 200 g/mol. The van der Waals surface area contributed by atoms with Gasteiger partial charge in [0.05, 0.1) is 22.2 Å². The molecule has 0 spiro atoms. The summed E-state index contributed by atoms with van der Waals surface area (Å²) in [5.41, 5.74) is 1.10. The summed E-state index contributed by atoms with van der Waals surface area (Å²) in [6.45, 7) is 2.71. The minimum Gasteiger partial charge on any atom is -0.248 e. The van der Waals surface area contributed by atoms with Crippen molar-refractivity contribution >= 4 is 22.6 Å². The van der Waals surface area contributed by atoms with E-state index in [0.717, 1.165) is 17.6 Å². The van der Waals surface area contributed by atoms with Gasteiger partial charge in [-0.05, 0) is 6.92 Å². The highest BCUT2D eigenvalue weighted by molar-refractivity contribution is 6.36. The van der Waals surface area contributed by atoms with Crippen LogP contribution >= 0.6 is 11.6 Å². The molecular formula is C9H7ClN4. The molecule has 2 aromatic heterocycles. The van der Waals surface area contributed by atoms with E-state index in [2.05, 4.69) is 10.1 Å². The average Bonchev–Trinajstić information content (AvgIpc) is 2.62. The standard InChI is InChI=1S/C9H7ClN4/c1-2-14-9-7(5-13-14)8(10)6(3-11)4-12-9/h4-5H,2H2,1H3. The first kappa shape index (κ1) is 8.97. The van der Waals surface area contributed by atoms with Crippen LogP contribution in [0.1, 0.15) is 12.5 Å². The smallest absolute Gasteiger partial charge is 0.159 e. The third kappa shape index (κ3) is 1.14. The average molecular weight is 207 g/mol.